The smallest absolute Gasteiger partial charge is 0.336 e. The van der Waals surface area contributed by atoms with Gasteiger partial charge in [0.15, 0.2) is 17.3 Å². The van der Waals surface area contributed by atoms with Crippen molar-refractivity contribution < 1.29 is 23.7 Å². The summed E-state index contributed by atoms with van der Waals surface area (Å²) in [5.74, 6) is 1.81. The van der Waals surface area contributed by atoms with Crippen molar-refractivity contribution in [1.29, 1.82) is 0 Å². The van der Waals surface area contributed by atoms with Gasteiger partial charge in [0.1, 0.15) is 0 Å². The summed E-state index contributed by atoms with van der Waals surface area (Å²) in [4.78, 5) is 17.0. The molecule has 1 heterocycles. The zero-order valence-electron chi connectivity index (χ0n) is 16.1. The van der Waals surface area contributed by atoms with Crippen molar-refractivity contribution in [1.82, 2.24) is 14.8 Å². The summed E-state index contributed by atoms with van der Waals surface area (Å²) in [6.45, 7) is 3.71. The highest BCUT2D eigenvalue weighted by Crippen LogP contribution is 2.41. The van der Waals surface area contributed by atoms with Crippen molar-refractivity contribution in [2.45, 2.75) is 32.8 Å². The lowest BCUT2D eigenvalue weighted by Crippen LogP contribution is -2.14. The maximum atomic E-state index is 12.6. The number of ether oxygens (including phenoxy) is 4. The van der Waals surface area contributed by atoms with Gasteiger partial charge in [-0.2, -0.15) is 9.67 Å². The minimum atomic E-state index is -0.231. The fourth-order valence-electron chi connectivity index (χ4n) is 2.45. The molecule has 2 aromatic rings. The van der Waals surface area contributed by atoms with Crippen LogP contribution in [0.1, 0.15) is 31.5 Å². The third kappa shape index (κ3) is 4.82. The van der Waals surface area contributed by atoms with Gasteiger partial charge in [-0.15, -0.1) is 16.7 Å². The largest absolute Gasteiger partial charge is 0.493 e. The molecule has 1 aromatic heterocycles. The average molecular weight is 398 g/mol. The van der Waals surface area contributed by atoms with Crippen LogP contribution in [0.15, 0.2) is 12.1 Å². The summed E-state index contributed by atoms with van der Waals surface area (Å²) in [7, 11) is 4.56. The van der Waals surface area contributed by atoms with Gasteiger partial charge in [-0.3, -0.25) is 4.79 Å². The second kappa shape index (κ2) is 9.45. The van der Waals surface area contributed by atoms with E-state index in [4.69, 9.17) is 30.5 Å². The number of carbonyl (C=O) groups excluding carboxylic acids is 1. The summed E-state index contributed by atoms with van der Waals surface area (Å²) in [6.07, 6.45) is 0.646. The zero-order chi connectivity index (χ0) is 20.0. The molecule has 8 nitrogen and oxygen atoms in total. The average Bonchev–Trinajstić information content (AvgIpc) is 3.07. The number of rotatable bonds is 9. The van der Waals surface area contributed by atoms with Gasteiger partial charge in [-0.1, -0.05) is 0 Å². The Labute approximate surface area is 163 Å². The SMILES string of the molecule is COc1cc(-c2nc(OC(C)C)nn2C(=O)CCCCl)cc(OC)c1OC. The number of nitrogens with zero attached hydrogens (tertiary/aromatic N) is 3. The Morgan fingerprint density at radius 3 is 2.26 bits per heavy atom. The van der Waals surface area contributed by atoms with Crippen molar-refractivity contribution in [2.24, 2.45) is 0 Å². The minimum Gasteiger partial charge on any atom is -0.493 e. The van der Waals surface area contributed by atoms with Crippen molar-refractivity contribution in [3.63, 3.8) is 0 Å². The van der Waals surface area contributed by atoms with E-state index < -0.39 is 0 Å². The summed E-state index contributed by atoms with van der Waals surface area (Å²) in [6, 6.07) is 3.53. The molecule has 0 fully saturated rings. The first-order chi connectivity index (χ1) is 12.9. The maximum absolute atomic E-state index is 12.6. The lowest BCUT2D eigenvalue weighted by atomic mass is 10.1. The first kappa shape index (κ1) is 20.8. The number of hydrogen-bond donors (Lipinski definition) is 0. The Morgan fingerprint density at radius 1 is 1.15 bits per heavy atom. The van der Waals surface area contributed by atoms with Crippen LogP contribution in [0, 0.1) is 0 Å². The van der Waals surface area contributed by atoms with Crippen LogP contribution in [-0.4, -0.2) is 54.0 Å². The molecule has 0 radical (unpaired) electrons. The van der Waals surface area contributed by atoms with E-state index in [2.05, 4.69) is 10.1 Å². The lowest BCUT2D eigenvalue weighted by molar-refractivity contribution is 0.0884. The van der Waals surface area contributed by atoms with E-state index in [0.717, 1.165) is 0 Å². The van der Waals surface area contributed by atoms with E-state index >= 15 is 0 Å². The van der Waals surface area contributed by atoms with Crippen LogP contribution in [0.3, 0.4) is 0 Å². The quantitative estimate of drug-likeness (QED) is 0.599. The highest BCUT2D eigenvalue weighted by molar-refractivity contribution is 6.17. The fourth-order valence-corrected chi connectivity index (χ4v) is 2.58. The van der Waals surface area contributed by atoms with Crippen molar-refractivity contribution in [2.75, 3.05) is 27.2 Å². The van der Waals surface area contributed by atoms with Crippen molar-refractivity contribution in [3.8, 4) is 34.6 Å². The molecule has 0 aliphatic heterocycles. The highest BCUT2D eigenvalue weighted by Gasteiger charge is 2.22. The van der Waals surface area contributed by atoms with Crippen LogP contribution in [0.2, 0.25) is 0 Å². The van der Waals surface area contributed by atoms with E-state index in [1.807, 2.05) is 13.8 Å². The van der Waals surface area contributed by atoms with Crippen LogP contribution in [0.4, 0.5) is 0 Å². The second-order valence-electron chi connectivity index (χ2n) is 5.90. The van der Waals surface area contributed by atoms with Gasteiger partial charge in [0, 0.05) is 17.9 Å². The topological polar surface area (TPSA) is 84.7 Å². The maximum Gasteiger partial charge on any atom is 0.336 e. The van der Waals surface area contributed by atoms with Crippen molar-refractivity contribution in [3.05, 3.63) is 12.1 Å². The molecule has 0 bridgehead atoms. The Bertz CT molecular complexity index is 766. The van der Waals surface area contributed by atoms with Gasteiger partial charge < -0.3 is 18.9 Å². The molecule has 0 spiro atoms. The van der Waals surface area contributed by atoms with Gasteiger partial charge in [-0.05, 0) is 32.4 Å². The van der Waals surface area contributed by atoms with E-state index in [9.17, 15) is 4.79 Å². The predicted molar refractivity (Wildman–Crippen MR) is 101 cm³/mol. The van der Waals surface area contributed by atoms with E-state index in [1.54, 1.807) is 12.1 Å². The number of methoxy groups -OCH3 is 3. The summed E-state index contributed by atoms with van der Waals surface area (Å²) in [5.41, 5.74) is 0.579. The molecule has 0 aliphatic rings. The normalized spacial score (nSPS) is 10.8. The van der Waals surface area contributed by atoms with Gasteiger partial charge in [0.05, 0.1) is 27.4 Å². The molecule has 0 aliphatic carbocycles. The Kier molecular flexibility index (Phi) is 7.29. The van der Waals surface area contributed by atoms with Gasteiger partial charge >= 0.3 is 6.01 Å². The molecular weight excluding hydrogens is 374 g/mol. The van der Waals surface area contributed by atoms with Crippen LogP contribution < -0.4 is 18.9 Å². The molecule has 2 rings (SSSR count). The molecule has 0 atom stereocenters. The Hall–Kier alpha value is -2.48. The third-order valence-electron chi connectivity index (χ3n) is 3.61. The number of alkyl halides is 1. The number of aromatic nitrogens is 3. The molecular formula is C18H24ClN3O5. The number of benzene rings is 1. The zero-order valence-corrected chi connectivity index (χ0v) is 16.9. The standard InChI is InChI=1S/C18H24ClN3O5/c1-11(2)27-18-20-17(22(21-18)15(23)7-6-8-19)12-9-13(24-3)16(26-5)14(10-12)25-4/h9-11H,6-8H2,1-5H3. The van der Waals surface area contributed by atoms with E-state index in [1.165, 1.54) is 26.0 Å². The minimum absolute atomic E-state index is 0.118. The van der Waals surface area contributed by atoms with E-state index in [-0.39, 0.29) is 24.4 Å². The van der Waals surface area contributed by atoms with Gasteiger partial charge in [0.25, 0.3) is 0 Å². The molecule has 27 heavy (non-hydrogen) atoms. The first-order valence-electron chi connectivity index (χ1n) is 8.48. The molecule has 1 aromatic carbocycles. The summed E-state index contributed by atoms with van der Waals surface area (Å²) in [5, 5.41) is 4.21. The van der Waals surface area contributed by atoms with Gasteiger partial charge in [0.2, 0.25) is 11.7 Å². The highest BCUT2D eigenvalue weighted by atomic mass is 35.5. The monoisotopic (exact) mass is 397 g/mol. The Balaban J connectivity index is 2.58. The number of hydrogen-bond acceptors (Lipinski definition) is 7. The summed E-state index contributed by atoms with van der Waals surface area (Å²) >= 11 is 5.71. The molecule has 148 valence electrons. The predicted octanol–water partition coefficient (Wildman–Crippen LogP) is 3.42. The fraction of sp³-hybridized carbons (Fsp3) is 0.500. The lowest BCUT2D eigenvalue weighted by Gasteiger charge is -2.14. The molecule has 0 unspecified atom stereocenters. The molecule has 0 saturated heterocycles. The number of halogens is 1. The van der Waals surface area contributed by atoms with E-state index in [0.29, 0.717) is 40.9 Å². The van der Waals surface area contributed by atoms with Crippen LogP contribution in [0.25, 0.3) is 11.4 Å². The van der Waals surface area contributed by atoms with Crippen LogP contribution in [0.5, 0.6) is 23.3 Å². The molecule has 0 N–H and O–H groups in total. The Morgan fingerprint density at radius 2 is 1.78 bits per heavy atom. The number of carbonyl (C=O) groups is 1. The first-order valence-corrected chi connectivity index (χ1v) is 9.01. The van der Waals surface area contributed by atoms with Crippen molar-refractivity contribution >= 4 is 17.5 Å². The van der Waals surface area contributed by atoms with Crippen LogP contribution in [-0.2, 0) is 0 Å². The molecule has 0 amide bonds. The second-order valence-corrected chi connectivity index (χ2v) is 6.27. The third-order valence-corrected chi connectivity index (χ3v) is 3.88. The molecule has 0 saturated carbocycles. The van der Waals surface area contributed by atoms with Gasteiger partial charge in [-0.25, -0.2) is 0 Å². The molecule has 9 heteroatoms. The van der Waals surface area contributed by atoms with Crippen LogP contribution >= 0.6 is 11.6 Å². The summed E-state index contributed by atoms with van der Waals surface area (Å²) < 4.78 is 22.9.